The fourth-order valence-corrected chi connectivity index (χ4v) is 4.38. The van der Waals surface area contributed by atoms with Gasteiger partial charge in [-0.25, -0.2) is 17.5 Å². The van der Waals surface area contributed by atoms with Crippen molar-refractivity contribution in [1.29, 1.82) is 0 Å². The Morgan fingerprint density at radius 2 is 2.10 bits per heavy atom. The number of benzene rings is 1. The smallest absolute Gasteiger partial charge is 0.244 e. The summed E-state index contributed by atoms with van der Waals surface area (Å²) >= 11 is 5.79. The molecular formula is C13H17ClFNO3S. The van der Waals surface area contributed by atoms with Crippen LogP contribution < -0.4 is 4.72 Å². The predicted molar refractivity (Wildman–Crippen MR) is 74.5 cm³/mol. The summed E-state index contributed by atoms with van der Waals surface area (Å²) in [6.07, 6.45) is 3.10. The second-order valence-electron chi connectivity index (χ2n) is 5.13. The van der Waals surface area contributed by atoms with E-state index in [1.165, 1.54) is 6.07 Å². The molecule has 1 aliphatic carbocycles. The molecule has 0 spiro atoms. The van der Waals surface area contributed by atoms with Gasteiger partial charge < -0.3 is 5.11 Å². The van der Waals surface area contributed by atoms with Crippen LogP contribution in [0.15, 0.2) is 17.0 Å². The van der Waals surface area contributed by atoms with Crippen LogP contribution in [0, 0.1) is 5.82 Å². The molecule has 2 rings (SSSR count). The zero-order valence-electron chi connectivity index (χ0n) is 11.1. The number of nitrogens with one attached hydrogen (secondary N) is 1. The second-order valence-corrected chi connectivity index (χ2v) is 7.22. The highest BCUT2D eigenvalue weighted by Crippen LogP contribution is 2.36. The van der Waals surface area contributed by atoms with Crippen molar-refractivity contribution in [2.75, 3.05) is 0 Å². The standard InChI is InChI=1S/C13H17ClFNO3S/c1-2-13(4-3-5-13)16-20(18,19)11-7-10(14)6-9(8-17)12(11)15/h6-7,16-17H,2-5,8H2,1H3. The lowest BCUT2D eigenvalue weighted by atomic mass is 9.76. The van der Waals surface area contributed by atoms with Crippen LogP contribution in [0.1, 0.15) is 38.2 Å². The van der Waals surface area contributed by atoms with E-state index in [0.717, 1.165) is 25.3 Å². The van der Waals surface area contributed by atoms with Gasteiger partial charge in [0.25, 0.3) is 0 Å². The van der Waals surface area contributed by atoms with E-state index < -0.39 is 32.9 Å². The molecule has 0 unspecified atom stereocenters. The number of aliphatic hydroxyl groups is 1. The van der Waals surface area contributed by atoms with Gasteiger partial charge in [-0.3, -0.25) is 0 Å². The molecule has 20 heavy (non-hydrogen) atoms. The van der Waals surface area contributed by atoms with Crippen LogP contribution >= 0.6 is 11.6 Å². The quantitative estimate of drug-likeness (QED) is 0.876. The summed E-state index contributed by atoms with van der Waals surface area (Å²) in [5.74, 6) is -0.949. The van der Waals surface area contributed by atoms with E-state index in [9.17, 15) is 12.8 Å². The zero-order chi connectivity index (χ0) is 15.0. The van der Waals surface area contributed by atoms with Gasteiger partial charge in [-0.05, 0) is 37.8 Å². The third-order valence-electron chi connectivity index (χ3n) is 3.88. The van der Waals surface area contributed by atoms with E-state index in [2.05, 4.69) is 4.72 Å². The van der Waals surface area contributed by atoms with E-state index in [0.29, 0.717) is 6.42 Å². The molecule has 0 aliphatic heterocycles. The second kappa shape index (κ2) is 5.60. The molecule has 4 nitrogen and oxygen atoms in total. The lowest BCUT2D eigenvalue weighted by molar-refractivity contribution is 0.213. The maximum atomic E-state index is 14.1. The fraction of sp³-hybridized carbons (Fsp3) is 0.538. The maximum absolute atomic E-state index is 14.1. The van der Waals surface area contributed by atoms with Gasteiger partial charge in [0, 0.05) is 16.1 Å². The lowest BCUT2D eigenvalue weighted by Gasteiger charge is -2.41. The first-order valence-corrected chi connectivity index (χ1v) is 8.32. The van der Waals surface area contributed by atoms with Gasteiger partial charge in [0.1, 0.15) is 10.7 Å². The van der Waals surface area contributed by atoms with Crippen LogP contribution in [0.3, 0.4) is 0 Å². The summed E-state index contributed by atoms with van der Waals surface area (Å²) in [4.78, 5) is -0.506. The predicted octanol–water partition coefficient (Wildman–Crippen LogP) is 2.58. The van der Waals surface area contributed by atoms with Crippen molar-refractivity contribution in [3.05, 3.63) is 28.5 Å². The Morgan fingerprint density at radius 3 is 2.55 bits per heavy atom. The van der Waals surface area contributed by atoms with Gasteiger partial charge >= 0.3 is 0 Å². The van der Waals surface area contributed by atoms with Crippen molar-refractivity contribution >= 4 is 21.6 Å². The Balaban J connectivity index is 2.42. The molecule has 0 atom stereocenters. The van der Waals surface area contributed by atoms with Crippen molar-refractivity contribution in [3.63, 3.8) is 0 Å². The third kappa shape index (κ3) is 2.83. The minimum atomic E-state index is -4.00. The Bertz CT molecular complexity index is 609. The minimum absolute atomic E-state index is 0.0787. The van der Waals surface area contributed by atoms with Crippen molar-refractivity contribution < 1.29 is 17.9 Å². The number of hydrogen-bond acceptors (Lipinski definition) is 3. The number of halogens is 2. The van der Waals surface area contributed by atoms with E-state index in [1.807, 2.05) is 6.92 Å². The van der Waals surface area contributed by atoms with Crippen molar-refractivity contribution in [2.45, 2.75) is 49.6 Å². The van der Waals surface area contributed by atoms with Crippen LogP contribution in [0.2, 0.25) is 5.02 Å². The molecule has 1 aromatic carbocycles. The largest absolute Gasteiger partial charge is 0.392 e. The number of sulfonamides is 1. The highest BCUT2D eigenvalue weighted by molar-refractivity contribution is 7.89. The van der Waals surface area contributed by atoms with Gasteiger partial charge in [0.15, 0.2) is 0 Å². The van der Waals surface area contributed by atoms with Crippen molar-refractivity contribution in [2.24, 2.45) is 0 Å². The minimum Gasteiger partial charge on any atom is -0.392 e. The fourth-order valence-electron chi connectivity index (χ4n) is 2.40. The van der Waals surface area contributed by atoms with Gasteiger partial charge in [0.05, 0.1) is 6.61 Å². The average Bonchev–Trinajstić information content (AvgIpc) is 2.36. The van der Waals surface area contributed by atoms with Gasteiger partial charge in [-0.1, -0.05) is 18.5 Å². The lowest BCUT2D eigenvalue weighted by Crippen LogP contribution is -2.52. The van der Waals surface area contributed by atoms with Crippen LogP contribution in [0.5, 0.6) is 0 Å². The molecule has 1 aliphatic rings. The summed E-state index contributed by atoms with van der Waals surface area (Å²) in [6, 6.07) is 2.29. The van der Waals surface area contributed by atoms with Crippen LogP contribution in [0.4, 0.5) is 4.39 Å². The van der Waals surface area contributed by atoms with E-state index in [1.54, 1.807) is 0 Å². The first kappa shape index (κ1) is 15.7. The van der Waals surface area contributed by atoms with Crippen molar-refractivity contribution in [3.8, 4) is 0 Å². The zero-order valence-corrected chi connectivity index (χ0v) is 12.7. The topological polar surface area (TPSA) is 66.4 Å². The average molecular weight is 322 g/mol. The summed E-state index contributed by atoms with van der Waals surface area (Å²) < 4.78 is 41.4. The van der Waals surface area contributed by atoms with Gasteiger partial charge in [-0.2, -0.15) is 0 Å². The Hall–Kier alpha value is -0.690. The van der Waals surface area contributed by atoms with Crippen LogP contribution in [-0.4, -0.2) is 19.1 Å². The third-order valence-corrected chi connectivity index (χ3v) is 5.67. The Labute approximate surface area is 123 Å². The summed E-state index contributed by atoms with van der Waals surface area (Å²) in [5, 5.41) is 9.13. The molecule has 0 heterocycles. The first-order valence-electron chi connectivity index (χ1n) is 6.46. The molecule has 1 saturated carbocycles. The van der Waals surface area contributed by atoms with E-state index in [-0.39, 0.29) is 10.6 Å². The highest BCUT2D eigenvalue weighted by Gasteiger charge is 2.40. The molecule has 0 saturated heterocycles. The summed E-state index contributed by atoms with van der Waals surface area (Å²) in [5.41, 5.74) is -0.607. The molecule has 112 valence electrons. The molecule has 0 bridgehead atoms. The molecule has 1 aromatic rings. The molecule has 0 radical (unpaired) electrons. The summed E-state index contributed by atoms with van der Waals surface area (Å²) in [7, 11) is -4.00. The van der Waals surface area contributed by atoms with E-state index in [4.69, 9.17) is 16.7 Å². The SMILES string of the molecule is CCC1(NS(=O)(=O)c2cc(Cl)cc(CO)c2F)CCC1. The maximum Gasteiger partial charge on any atom is 0.244 e. The molecule has 7 heteroatoms. The highest BCUT2D eigenvalue weighted by atomic mass is 35.5. The van der Waals surface area contributed by atoms with Gasteiger partial charge in [-0.15, -0.1) is 0 Å². The number of hydrogen-bond donors (Lipinski definition) is 2. The Morgan fingerprint density at radius 1 is 1.45 bits per heavy atom. The Kier molecular flexibility index (Phi) is 4.39. The molecule has 0 aromatic heterocycles. The summed E-state index contributed by atoms with van der Waals surface area (Å²) in [6.45, 7) is 1.29. The molecule has 1 fully saturated rings. The molecule has 0 amide bonds. The van der Waals surface area contributed by atoms with Crippen molar-refractivity contribution in [1.82, 2.24) is 4.72 Å². The first-order chi connectivity index (χ1) is 9.33. The van der Waals surface area contributed by atoms with Crippen LogP contribution in [0.25, 0.3) is 0 Å². The number of rotatable bonds is 5. The van der Waals surface area contributed by atoms with Gasteiger partial charge in [0.2, 0.25) is 10.0 Å². The number of aliphatic hydroxyl groups excluding tert-OH is 1. The molecule has 2 N–H and O–H groups in total. The van der Waals surface area contributed by atoms with Crippen LogP contribution in [-0.2, 0) is 16.6 Å². The monoisotopic (exact) mass is 321 g/mol. The normalized spacial score (nSPS) is 17.8. The van der Waals surface area contributed by atoms with E-state index >= 15 is 0 Å². The molecular weight excluding hydrogens is 305 g/mol.